The van der Waals surface area contributed by atoms with Crippen LogP contribution in [0.3, 0.4) is 0 Å². The van der Waals surface area contributed by atoms with Crippen LogP contribution in [-0.2, 0) is 26.2 Å². The molecule has 2 aromatic rings. The van der Waals surface area contributed by atoms with E-state index in [0.717, 1.165) is 12.0 Å². The van der Waals surface area contributed by atoms with Gasteiger partial charge in [-0.15, -0.1) is 0 Å². The van der Waals surface area contributed by atoms with Crippen LogP contribution in [0, 0.1) is 16.6 Å². The molecule has 0 aliphatic carbocycles. The summed E-state index contributed by atoms with van der Waals surface area (Å²) in [5.74, 6) is 0.379. The molecular weight excluding hydrogens is 514 g/mol. The number of nitrogens with zero attached hydrogens (tertiary/aromatic N) is 2. The summed E-state index contributed by atoms with van der Waals surface area (Å²) >= 11 is 0. The second kappa shape index (κ2) is 11.7. The van der Waals surface area contributed by atoms with Gasteiger partial charge in [-0.05, 0) is 67.0 Å². The molecule has 37 heavy (non-hydrogen) atoms. The Kier molecular flexibility index (Phi) is 9.12. The van der Waals surface area contributed by atoms with Gasteiger partial charge in [-0.3, -0.25) is 4.31 Å². The molecule has 1 amide bonds. The molecular formula is C26H37N3O6S2. The molecule has 1 aliphatic rings. The van der Waals surface area contributed by atoms with Gasteiger partial charge >= 0.3 is 6.09 Å². The fourth-order valence-corrected chi connectivity index (χ4v) is 6.86. The molecule has 11 heteroatoms. The highest BCUT2D eigenvalue weighted by Crippen LogP contribution is 2.32. The van der Waals surface area contributed by atoms with Crippen molar-refractivity contribution in [2.45, 2.75) is 49.8 Å². The molecule has 3 rings (SSSR count). The van der Waals surface area contributed by atoms with E-state index in [4.69, 9.17) is 14.6 Å². The smallest absolute Gasteiger partial charge is 0.407 e. The first-order valence-electron chi connectivity index (χ1n) is 12.4. The third-order valence-corrected chi connectivity index (χ3v) is 9.39. The lowest BCUT2D eigenvalue weighted by Gasteiger charge is -2.30. The van der Waals surface area contributed by atoms with Crippen LogP contribution in [0.25, 0.3) is 0 Å². The van der Waals surface area contributed by atoms with E-state index in [1.54, 1.807) is 12.1 Å². The normalized spacial score (nSPS) is 16.4. The number of sulfonamides is 1. The fourth-order valence-electron chi connectivity index (χ4n) is 4.27. The zero-order chi connectivity index (χ0) is 27.4. The molecule has 2 N–H and O–H groups in total. The van der Waals surface area contributed by atoms with E-state index >= 15 is 0 Å². The van der Waals surface area contributed by atoms with Gasteiger partial charge in [0.05, 0.1) is 31.8 Å². The number of amides is 1. The van der Waals surface area contributed by atoms with Crippen LogP contribution in [0.2, 0.25) is 0 Å². The minimum atomic E-state index is -4.01. The quantitative estimate of drug-likeness (QED) is 0.432. The Balaban J connectivity index is 1.90. The van der Waals surface area contributed by atoms with Crippen LogP contribution in [-0.4, -0.2) is 61.2 Å². The maximum atomic E-state index is 13.8. The lowest BCUT2D eigenvalue weighted by Crippen LogP contribution is -2.38. The first-order chi connectivity index (χ1) is 17.3. The van der Waals surface area contributed by atoms with Crippen LogP contribution in [0.15, 0.2) is 52.3 Å². The van der Waals surface area contributed by atoms with E-state index in [1.807, 2.05) is 32.9 Å². The highest BCUT2D eigenvalue weighted by Gasteiger charge is 2.28. The highest BCUT2D eigenvalue weighted by atomic mass is 32.2. The number of hydrogen-bond acceptors (Lipinski definition) is 6. The molecule has 1 aliphatic heterocycles. The lowest BCUT2D eigenvalue weighted by molar-refractivity contribution is 0.111. The molecule has 2 aromatic carbocycles. The first-order valence-corrected chi connectivity index (χ1v) is 15.8. The van der Waals surface area contributed by atoms with Crippen molar-refractivity contribution < 1.29 is 27.3 Å². The summed E-state index contributed by atoms with van der Waals surface area (Å²) < 4.78 is 55.9. The van der Waals surface area contributed by atoms with Crippen molar-refractivity contribution in [3.63, 3.8) is 0 Å². The van der Waals surface area contributed by atoms with E-state index in [2.05, 4.69) is 0 Å². The van der Waals surface area contributed by atoms with Gasteiger partial charge in [0.25, 0.3) is 10.0 Å². The second-order valence-corrected chi connectivity index (χ2v) is 13.9. The predicted octanol–water partition coefficient (Wildman–Crippen LogP) is 4.90. The first kappa shape index (κ1) is 28.8. The number of hydrogen-bond donors (Lipinski definition) is 2. The van der Waals surface area contributed by atoms with Crippen molar-refractivity contribution in [2.75, 3.05) is 36.8 Å². The van der Waals surface area contributed by atoms with Crippen molar-refractivity contribution >= 4 is 31.5 Å². The Morgan fingerprint density at radius 3 is 2.27 bits per heavy atom. The van der Waals surface area contributed by atoms with E-state index in [9.17, 15) is 17.4 Å². The fraction of sp³-hybridized carbons (Fsp3) is 0.500. The molecule has 1 saturated heterocycles. The number of carboxylic acid groups (broad SMARTS) is 1. The Labute approximate surface area is 220 Å². The maximum absolute atomic E-state index is 13.8. The zero-order valence-corrected chi connectivity index (χ0v) is 23.5. The van der Waals surface area contributed by atoms with Crippen LogP contribution in [0.1, 0.15) is 39.2 Å². The van der Waals surface area contributed by atoms with Crippen molar-refractivity contribution in [1.29, 1.82) is 4.78 Å². The number of benzene rings is 2. The van der Waals surface area contributed by atoms with Crippen LogP contribution in [0.5, 0.6) is 5.75 Å². The van der Waals surface area contributed by atoms with Crippen molar-refractivity contribution in [3.8, 4) is 5.75 Å². The maximum Gasteiger partial charge on any atom is 0.407 e. The number of aryl methyl sites for hydroxylation is 1. The summed E-state index contributed by atoms with van der Waals surface area (Å²) in [6, 6.07) is 11.6. The summed E-state index contributed by atoms with van der Waals surface area (Å²) in [5, 5.41) is 9.12. The molecule has 0 saturated carbocycles. The third-order valence-electron chi connectivity index (χ3n) is 6.45. The summed E-state index contributed by atoms with van der Waals surface area (Å²) in [6.45, 7) is 7.28. The number of anilines is 1. The van der Waals surface area contributed by atoms with Crippen molar-refractivity contribution in [1.82, 2.24) is 4.90 Å². The largest absolute Gasteiger partial charge is 0.492 e. The van der Waals surface area contributed by atoms with Gasteiger partial charge in [0.2, 0.25) is 0 Å². The molecule has 1 heterocycles. The molecule has 1 fully saturated rings. The van der Waals surface area contributed by atoms with E-state index < -0.39 is 25.8 Å². The molecule has 0 bridgehead atoms. The number of carbonyl (C=O) groups is 1. The minimum Gasteiger partial charge on any atom is -0.492 e. The molecule has 0 spiro atoms. The molecule has 1 atom stereocenters. The van der Waals surface area contributed by atoms with E-state index in [-0.39, 0.29) is 40.5 Å². The van der Waals surface area contributed by atoms with Gasteiger partial charge in [-0.2, -0.15) is 0 Å². The standard InChI is InChI=1S/C26H37N3O6S2/c1-5-20-6-8-22(9-7-20)29(17-19(2)3)37(33,34)23-10-11-24(25(16-23)36(4,27)32)35-18-21-12-14-28(15-13-21)26(30)31/h6-11,16,19,21,27H,5,12-15,17-18H2,1-4H3,(H,30,31). The van der Waals surface area contributed by atoms with Crippen LogP contribution >= 0.6 is 0 Å². The molecule has 9 nitrogen and oxygen atoms in total. The average Bonchev–Trinajstić information content (AvgIpc) is 2.85. The number of rotatable bonds is 10. The lowest BCUT2D eigenvalue weighted by atomic mass is 9.98. The van der Waals surface area contributed by atoms with Crippen molar-refractivity contribution in [2.24, 2.45) is 11.8 Å². The second-order valence-electron chi connectivity index (χ2n) is 9.93. The highest BCUT2D eigenvalue weighted by molar-refractivity contribution is 7.93. The summed E-state index contributed by atoms with van der Waals surface area (Å²) in [4.78, 5) is 12.5. The van der Waals surface area contributed by atoms with Crippen LogP contribution < -0.4 is 9.04 Å². The van der Waals surface area contributed by atoms with Gasteiger partial charge < -0.3 is 14.7 Å². The Morgan fingerprint density at radius 2 is 1.76 bits per heavy atom. The summed E-state index contributed by atoms with van der Waals surface area (Å²) in [5.41, 5.74) is 1.64. The summed E-state index contributed by atoms with van der Waals surface area (Å²) in [6.07, 6.45) is 2.42. The van der Waals surface area contributed by atoms with Gasteiger partial charge in [-0.25, -0.2) is 22.2 Å². The molecule has 0 aromatic heterocycles. The van der Waals surface area contributed by atoms with E-state index in [1.165, 1.54) is 33.7 Å². The van der Waals surface area contributed by atoms with Crippen LogP contribution in [0.4, 0.5) is 10.5 Å². The SMILES string of the molecule is CCc1ccc(N(CC(C)C)S(=O)(=O)c2ccc(OCC3CCN(C(=O)O)CC3)c(S(C)(=N)=O)c2)cc1. The number of likely N-dealkylation sites (tertiary alicyclic amines) is 1. The van der Waals surface area contributed by atoms with Gasteiger partial charge in [0.1, 0.15) is 5.75 Å². The van der Waals surface area contributed by atoms with E-state index in [0.29, 0.717) is 31.6 Å². The number of piperidine rings is 1. The number of nitrogens with one attached hydrogen (secondary N) is 1. The monoisotopic (exact) mass is 551 g/mol. The Bertz CT molecular complexity index is 1300. The Hall–Kier alpha value is -2.79. The Morgan fingerprint density at radius 1 is 1.14 bits per heavy atom. The van der Waals surface area contributed by atoms with Gasteiger partial charge in [0, 0.05) is 25.9 Å². The number of ether oxygens (including phenoxy) is 1. The summed E-state index contributed by atoms with van der Waals surface area (Å²) in [7, 11) is -7.32. The van der Waals surface area contributed by atoms with Gasteiger partial charge in [0.15, 0.2) is 0 Å². The zero-order valence-electron chi connectivity index (χ0n) is 21.8. The van der Waals surface area contributed by atoms with Gasteiger partial charge in [-0.1, -0.05) is 32.9 Å². The third kappa shape index (κ3) is 7.16. The molecule has 0 radical (unpaired) electrons. The average molecular weight is 552 g/mol. The van der Waals surface area contributed by atoms with Crippen molar-refractivity contribution in [3.05, 3.63) is 48.0 Å². The molecule has 1 unspecified atom stereocenters. The predicted molar refractivity (Wildman–Crippen MR) is 145 cm³/mol. The topological polar surface area (TPSA) is 128 Å². The minimum absolute atomic E-state index is 0.0300. The molecule has 204 valence electrons.